The Bertz CT molecular complexity index is 389. The summed E-state index contributed by atoms with van der Waals surface area (Å²) in [5.41, 5.74) is 0. The highest BCUT2D eigenvalue weighted by Crippen LogP contribution is 2.35. The van der Waals surface area contributed by atoms with Crippen molar-refractivity contribution in [3.63, 3.8) is 0 Å². The molecule has 0 atom stereocenters. The molecule has 8 heteroatoms. The fourth-order valence-corrected chi connectivity index (χ4v) is 1.20. The summed E-state index contributed by atoms with van der Waals surface area (Å²) in [4.78, 5) is 0. The molecule has 0 spiro atoms. The van der Waals surface area contributed by atoms with Gasteiger partial charge in [0.15, 0.2) is 0 Å². The summed E-state index contributed by atoms with van der Waals surface area (Å²) < 4.78 is 70.1. The number of hydrogen-bond acceptors (Lipinski definition) is 3. The van der Waals surface area contributed by atoms with Gasteiger partial charge in [-0.1, -0.05) is 6.92 Å². The lowest BCUT2D eigenvalue weighted by molar-refractivity contribution is -0.297. The lowest BCUT2D eigenvalue weighted by Gasteiger charge is -2.18. The summed E-state index contributed by atoms with van der Waals surface area (Å²) in [6.45, 7) is 0.920. The third-order valence-electron chi connectivity index (χ3n) is 2.21. The number of nitrogens with one attached hydrogen (secondary N) is 1. The van der Waals surface area contributed by atoms with Gasteiger partial charge in [-0.2, -0.15) is 22.0 Å². The summed E-state index contributed by atoms with van der Waals surface area (Å²) >= 11 is 0. The predicted octanol–water partition coefficient (Wildman–Crippen LogP) is 3.10. The molecule has 0 aliphatic carbocycles. The van der Waals surface area contributed by atoms with Crippen LogP contribution in [0.25, 0.3) is 0 Å². The highest BCUT2D eigenvalue weighted by molar-refractivity contribution is 5.06. The minimum absolute atomic E-state index is 0.200. The molecule has 1 aromatic rings. The third kappa shape index (κ3) is 4.79. The molecule has 1 heterocycles. The van der Waals surface area contributed by atoms with E-state index in [0.717, 1.165) is 6.54 Å². The van der Waals surface area contributed by atoms with Crippen LogP contribution >= 0.6 is 0 Å². The molecule has 0 fully saturated rings. The number of furan rings is 1. The Morgan fingerprint density at radius 2 is 1.79 bits per heavy atom. The van der Waals surface area contributed by atoms with Crippen LogP contribution in [-0.4, -0.2) is 25.3 Å². The second kappa shape index (κ2) is 6.33. The van der Waals surface area contributed by atoms with Crippen molar-refractivity contribution >= 4 is 0 Å². The van der Waals surface area contributed by atoms with Crippen LogP contribution in [0, 0.1) is 0 Å². The van der Waals surface area contributed by atoms with Crippen molar-refractivity contribution in [1.29, 1.82) is 0 Å². The van der Waals surface area contributed by atoms with Crippen LogP contribution in [0.4, 0.5) is 22.0 Å². The van der Waals surface area contributed by atoms with Gasteiger partial charge in [0, 0.05) is 0 Å². The molecule has 3 nitrogen and oxygen atoms in total. The molecular weight excluding hydrogens is 273 g/mol. The van der Waals surface area contributed by atoms with E-state index in [2.05, 4.69) is 10.1 Å². The van der Waals surface area contributed by atoms with Crippen molar-refractivity contribution in [3.8, 4) is 0 Å². The largest absolute Gasteiger partial charge is 0.462 e. The van der Waals surface area contributed by atoms with Gasteiger partial charge < -0.3 is 14.5 Å². The van der Waals surface area contributed by atoms with Gasteiger partial charge in [0.1, 0.15) is 24.7 Å². The fourth-order valence-electron chi connectivity index (χ4n) is 1.20. The Hall–Kier alpha value is -1.15. The van der Waals surface area contributed by atoms with E-state index >= 15 is 0 Å². The van der Waals surface area contributed by atoms with Gasteiger partial charge >= 0.3 is 12.1 Å². The average Bonchev–Trinajstić information content (AvgIpc) is 2.72. The quantitative estimate of drug-likeness (QED) is 0.782. The number of halogens is 5. The minimum Gasteiger partial charge on any atom is -0.462 e. The first kappa shape index (κ1) is 15.9. The fraction of sp³-hybridized carbons (Fsp3) is 0.636. The van der Waals surface area contributed by atoms with E-state index in [-0.39, 0.29) is 5.76 Å². The Kier molecular flexibility index (Phi) is 5.30. The van der Waals surface area contributed by atoms with Crippen molar-refractivity contribution in [3.05, 3.63) is 23.7 Å². The number of alkyl halides is 5. The topological polar surface area (TPSA) is 34.4 Å². The first-order valence-electron chi connectivity index (χ1n) is 5.57. The van der Waals surface area contributed by atoms with Crippen LogP contribution in [0.1, 0.15) is 18.4 Å². The molecule has 0 aliphatic rings. The van der Waals surface area contributed by atoms with Crippen LogP contribution in [-0.2, 0) is 17.9 Å². The van der Waals surface area contributed by atoms with Crippen LogP contribution in [0.3, 0.4) is 0 Å². The standard InChI is InChI=1S/C11H14F5NO2/c1-2-17-5-8-3-4-9(19-8)6-18-7-10(12,13)11(14,15)16/h3-4,17H,2,5-7H2,1H3. The molecule has 0 saturated heterocycles. The molecule has 110 valence electrons. The highest BCUT2D eigenvalue weighted by atomic mass is 19.4. The van der Waals surface area contributed by atoms with E-state index in [4.69, 9.17) is 4.42 Å². The highest BCUT2D eigenvalue weighted by Gasteiger charge is 2.57. The van der Waals surface area contributed by atoms with Crippen LogP contribution < -0.4 is 5.32 Å². The van der Waals surface area contributed by atoms with Crippen molar-refractivity contribution in [2.24, 2.45) is 0 Å². The minimum atomic E-state index is -5.60. The summed E-state index contributed by atoms with van der Waals surface area (Å²) in [7, 11) is 0. The molecule has 0 saturated carbocycles. The van der Waals surface area contributed by atoms with Crippen molar-refractivity contribution in [2.75, 3.05) is 13.2 Å². The smallest absolute Gasteiger partial charge is 0.455 e. The molecule has 0 aliphatic heterocycles. The maximum atomic E-state index is 12.5. The van der Waals surface area contributed by atoms with E-state index in [9.17, 15) is 22.0 Å². The second-order valence-electron chi connectivity index (χ2n) is 3.84. The number of hydrogen-bond donors (Lipinski definition) is 1. The first-order valence-corrected chi connectivity index (χ1v) is 5.57. The molecule has 0 amide bonds. The zero-order valence-corrected chi connectivity index (χ0v) is 10.2. The van der Waals surface area contributed by atoms with Crippen molar-refractivity contribution < 1.29 is 31.1 Å². The van der Waals surface area contributed by atoms with E-state index < -0.39 is 25.3 Å². The lowest BCUT2D eigenvalue weighted by atomic mass is 10.3. The molecule has 1 aromatic heterocycles. The van der Waals surface area contributed by atoms with E-state index in [1.54, 1.807) is 6.07 Å². The average molecular weight is 287 g/mol. The summed E-state index contributed by atoms with van der Waals surface area (Å²) in [6.07, 6.45) is -5.60. The number of ether oxygens (including phenoxy) is 1. The predicted molar refractivity (Wildman–Crippen MR) is 56.7 cm³/mol. The van der Waals surface area contributed by atoms with E-state index in [1.807, 2.05) is 6.92 Å². The summed E-state index contributed by atoms with van der Waals surface area (Å²) in [5.74, 6) is -4.10. The number of rotatable bonds is 7. The molecule has 0 aromatic carbocycles. The normalized spacial score (nSPS) is 12.9. The summed E-state index contributed by atoms with van der Waals surface area (Å²) in [5, 5.41) is 2.97. The molecule has 19 heavy (non-hydrogen) atoms. The monoisotopic (exact) mass is 287 g/mol. The molecule has 0 unspecified atom stereocenters. The van der Waals surface area contributed by atoms with Gasteiger partial charge in [-0.15, -0.1) is 0 Å². The second-order valence-corrected chi connectivity index (χ2v) is 3.84. The Morgan fingerprint density at radius 1 is 1.16 bits per heavy atom. The van der Waals surface area contributed by atoms with E-state index in [0.29, 0.717) is 12.3 Å². The molecule has 1 rings (SSSR count). The molecule has 0 radical (unpaired) electrons. The van der Waals surface area contributed by atoms with Crippen molar-refractivity contribution in [1.82, 2.24) is 5.32 Å². The van der Waals surface area contributed by atoms with Gasteiger partial charge in [0.2, 0.25) is 0 Å². The van der Waals surface area contributed by atoms with Gasteiger partial charge in [0.05, 0.1) is 6.54 Å². The van der Waals surface area contributed by atoms with Crippen LogP contribution in [0.5, 0.6) is 0 Å². The molecule has 0 bridgehead atoms. The van der Waals surface area contributed by atoms with Crippen LogP contribution in [0.2, 0.25) is 0 Å². The lowest BCUT2D eigenvalue weighted by Crippen LogP contribution is -2.40. The Morgan fingerprint density at radius 3 is 2.37 bits per heavy atom. The van der Waals surface area contributed by atoms with Gasteiger partial charge in [0.25, 0.3) is 0 Å². The first-order chi connectivity index (χ1) is 8.76. The van der Waals surface area contributed by atoms with Gasteiger partial charge in [-0.25, -0.2) is 0 Å². The van der Waals surface area contributed by atoms with E-state index in [1.165, 1.54) is 6.07 Å². The SMILES string of the molecule is CCNCc1ccc(COCC(F)(F)C(F)(F)F)o1. The summed E-state index contributed by atoms with van der Waals surface area (Å²) in [6, 6.07) is 3.07. The van der Waals surface area contributed by atoms with Crippen molar-refractivity contribution in [2.45, 2.75) is 32.2 Å². The molecule has 1 N–H and O–H groups in total. The Balaban J connectivity index is 2.39. The zero-order valence-electron chi connectivity index (χ0n) is 10.2. The molecular formula is C11H14F5NO2. The van der Waals surface area contributed by atoms with Gasteiger partial charge in [-0.05, 0) is 18.7 Å². The maximum Gasteiger partial charge on any atom is 0.455 e. The zero-order chi connectivity index (χ0) is 14.5. The maximum absolute atomic E-state index is 12.5. The third-order valence-corrected chi connectivity index (χ3v) is 2.21. The van der Waals surface area contributed by atoms with Gasteiger partial charge in [-0.3, -0.25) is 0 Å². The Labute approximate surface area is 106 Å². The van der Waals surface area contributed by atoms with Crippen LogP contribution in [0.15, 0.2) is 16.5 Å².